The van der Waals surface area contributed by atoms with Crippen molar-refractivity contribution >= 4 is 34.7 Å². The molecule has 2 rings (SSSR count). The first kappa shape index (κ1) is 15.5. The number of carbonyl (C=O) groups is 2. The zero-order valence-electron chi connectivity index (χ0n) is 11.6. The number of thiophene rings is 2. The van der Waals surface area contributed by atoms with Crippen LogP contribution in [-0.4, -0.2) is 17.1 Å². The van der Waals surface area contributed by atoms with Crippen molar-refractivity contribution in [3.63, 3.8) is 0 Å². The molecule has 2 aromatic rings. The fourth-order valence-corrected chi connectivity index (χ4v) is 3.48. The van der Waals surface area contributed by atoms with E-state index in [0.717, 1.165) is 4.88 Å². The molecule has 2 aromatic heterocycles. The lowest BCUT2D eigenvalue weighted by Crippen LogP contribution is -2.41. The Morgan fingerprint density at radius 1 is 1.19 bits per heavy atom. The molecule has 0 saturated carbocycles. The Bertz CT molecular complexity index is 622. The van der Waals surface area contributed by atoms with Crippen molar-refractivity contribution in [3.05, 3.63) is 44.3 Å². The van der Waals surface area contributed by atoms with Gasteiger partial charge in [0.25, 0.3) is 0 Å². The monoisotopic (exact) mass is 324 g/mol. The molecule has 0 saturated heterocycles. The molecule has 0 aromatic carbocycles. The molecule has 7 heteroatoms. The van der Waals surface area contributed by atoms with Crippen LogP contribution in [-0.2, 0) is 4.79 Å². The second kappa shape index (κ2) is 6.73. The highest BCUT2D eigenvalue weighted by molar-refractivity contribution is 7.12. The van der Waals surface area contributed by atoms with E-state index in [9.17, 15) is 14.7 Å². The van der Waals surface area contributed by atoms with E-state index in [1.807, 2.05) is 26.0 Å². The molecule has 0 spiro atoms. The fraction of sp³-hybridized carbons (Fsp3) is 0.286. The summed E-state index contributed by atoms with van der Waals surface area (Å²) < 4.78 is 0. The van der Waals surface area contributed by atoms with Gasteiger partial charge >= 0.3 is 12.0 Å². The van der Waals surface area contributed by atoms with E-state index in [0.29, 0.717) is 4.88 Å². The third kappa shape index (κ3) is 4.05. The Morgan fingerprint density at radius 2 is 1.95 bits per heavy atom. The van der Waals surface area contributed by atoms with Crippen molar-refractivity contribution < 1.29 is 14.7 Å². The van der Waals surface area contributed by atoms with Gasteiger partial charge in [0, 0.05) is 14.6 Å². The predicted octanol–water partition coefficient (Wildman–Crippen LogP) is 3.30. The normalized spacial score (nSPS) is 13.4. The average Bonchev–Trinajstić information content (AvgIpc) is 3.06. The Labute approximate surface area is 130 Å². The molecule has 0 fully saturated rings. The molecule has 2 atom stereocenters. The molecule has 21 heavy (non-hydrogen) atoms. The fourth-order valence-electron chi connectivity index (χ4n) is 1.84. The summed E-state index contributed by atoms with van der Waals surface area (Å²) in [5, 5.41) is 16.2. The van der Waals surface area contributed by atoms with Gasteiger partial charge in [0.05, 0.1) is 6.04 Å². The molecule has 3 N–H and O–H groups in total. The lowest BCUT2D eigenvalue weighted by Gasteiger charge is -2.17. The number of urea groups is 1. The summed E-state index contributed by atoms with van der Waals surface area (Å²) in [5.74, 6) is -1.08. The van der Waals surface area contributed by atoms with Gasteiger partial charge in [-0.1, -0.05) is 6.07 Å². The number of amides is 2. The van der Waals surface area contributed by atoms with Gasteiger partial charge in [0.1, 0.15) is 0 Å². The average molecular weight is 324 g/mol. The molecule has 0 aliphatic carbocycles. The summed E-state index contributed by atoms with van der Waals surface area (Å²) in [5.41, 5.74) is 0. The maximum atomic E-state index is 12.0. The number of rotatable bonds is 5. The van der Waals surface area contributed by atoms with Crippen molar-refractivity contribution in [1.29, 1.82) is 0 Å². The van der Waals surface area contributed by atoms with Crippen LogP contribution in [0.4, 0.5) is 4.79 Å². The summed E-state index contributed by atoms with van der Waals surface area (Å²) in [4.78, 5) is 26.0. The van der Waals surface area contributed by atoms with Crippen LogP contribution in [0.3, 0.4) is 0 Å². The molecule has 2 amide bonds. The number of nitrogens with one attached hydrogen (secondary N) is 2. The van der Waals surface area contributed by atoms with Gasteiger partial charge in [-0.05, 0) is 37.4 Å². The van der Waals surface area contributed by atoms with E-state index in [-0.39, 0.29) is 6.04 Å². The second-order valence-electron chi connectivity index (χ2n) is 4.57. The summed E-state index contributed by atoms with van der Waals surface area (Å²) >= 11 is 2.90. The molecular formula is C14H16N2O3S2. The highest BCUT2D eigenvalue weighted by Gasteiger charge is 2.23. The van der Waals surface area contributed by atoms with Crippen LogP contribution >= 0.6 is 22.7 Å². The van der Waals surface area contributed by atoms with E-state index >= 15 is 0 Å². The van der Waals surface area contributed by atoms with Crippen LogP contribution in [0.2, 0.25) is 0 Å². The number of hydrogen-bond donors (Lipinski definition) is 3. The molecule has 0 bridgehead atoms. The number of aryl methyl sites for hydroxylation is 1. The Balaban J connectivity index is 1.98. The summed E-state index contributed by atoms with van der Waals surface area (Å²) in [6.07, 6.45) is 0. The first-order chi connectivity index (χ1) is 9.97. The largest absolute Gasteiger partial charge is 0.479 e. The van der Waals surface area contributed by atoms with Gasteiger partial charge in [-0.25, -0.2) is 9.59 Å². The maximum Gasteiger partial charge on any atom is 0.331 e. The van der Waals surface area contributed by atoms with E-state index in [2.05, 4.69) is 10.6 Å². The van der Waals surface area contributed by atoms with Gasteiger partial charge < -0.3 is 15.7 Å². The molecule has 112 valence electrons. The lowest BCUT2D eigenvalue weighted by atomic mass is 10.2. The topological polar surface area (TPSA) is 78.4 Å². The number of carboxylic acids is 1. The third-order valence-corrected chi connectivity index (χ3v) is 5.01. The zero-order valence-corrected chi connectivity index (χ0v) is 13.3. The van der Waals surface area contributed by atoms with Gasteiger partial charge in [-0.15, -0.1) is 22.7 Å². The highest BCUT2D eigenvalue weighted by atomic mass is 32.1. The SMILES string of the molecule is Cc1ccc(C(C)NC(=O)NC(C(=O)O)c2cccs2)s1. The van der Waals surface area contributed by atoms with E-state index in [4.69, 9.17) is 0 Å². The van der Waals surface area contributed by atoms with Crippen LogP contribution in [0, 0.1) is 6.92 Å². The summed E-state index contributed by atoms with van der Waals surface area (Å²) in [6.45, 7) is 3.87. The molecule has 0 aliphatic heterocycles. The van der Waals surface area contributed by atoms with Crippen LogP contribution in [0.25, 0.3) is 0 Å². The van der Waals surface area contributed by atoms with Crippen molar-refractivity contribution in [2.45, 2.75) is 25.9 Å². The quantitative estimate of drug-likeness (QED) is 0.789. The van der Waals surface area contributed by atoms with Crippen molar-refractivity contribution in [1.82, 2.24) is 10.6 Å². The molecular weight excluding hydrogens is 308 g/mol. The molecule has 2 unspecified atom stereocenters. The predicted molar refractivity (Wildman–Crippen MR) is 83.8 cm³/mol. The number of carboxylic acid groups (broad SMARTS) is 1. The first-order valence-corrected chi connectivity index (χ1v) is 8.06. The van der Waals surface area contributed by atoms with Gasteiger partial charge in [0.15, 0.2) is 6.04 Å². The standard InChI is InChI=1S/C14H16N2O3S2/c1-8-5-6-10(21-8)9(2)15-14(19)16-12(13(17)18)11-4-3-7-20-11/h3-7,9,12H,1-2H3,(H,17,18)(H2,15,16,19). The van der Waals surface area contributed by atoms with Crippen molar-refractivity contribution in [2.75, 3.05) is 0 Å². The second-order valence-corrected chi connectivity index (χ2v) is 6.87. The van der Waals surface area contributed by atoms with Crippen LogP contribution in [0.1, 0.15) is 33.6 Å². The van der Waals surface area contributed by atoms with E-state index in [1.54, 1.807) is 28.8 Å². The number of carbonyl (C=O) groups excluding carboxylic acids is 1. The third-order valence-electron chi connectivity index (χ3n) is 2.89. The maximum absolute atomic E-state index is 12.0. The van der Waals surface area contributed by atoms with Gasteiger partial charge in [-0.3, -0.25) is 0 Å². The van der Waals surface area contributed by atoms with Gasteiger partial charge in [0.2, 0.25) is 0 Å². The minimum absolute atomic E-state index is 0.165. The van der Waals surface area contributed by atoms with Crippen molar-refractivity contribution in [2.24, 2.45) is 0 Å². The minimum Gasteiger partial charge on any atom is -0.479 e. The number of aliphatic carboxylic acids is 1. The van der Waals surface area contributed by atoms with E-state index < -0.39 is 18.0 Å². The molecule has 0 radical (unpaired) electrons. The van der Waals surface area contributed by atoms with Gasteiger partial charge in [-0.2, -0.15) is 0 Å². The Hall–Kier alpha value is -1.86. The zero-order chi connectivity index (χ0) is 15.4. The van der Waals surface area contributed by atoms with Crippen LogP contribution in [0.5, 0.6) is 0 Å². The molecule has 2 heterocycles. The highest BCUT2D eigenvalue weighted by Crippen LogP contribution is 2.23. The van der Waals surface area contributed by atoms with E-state index in [1.165, 1.54) is 16.2 Å². The first-order valence-electron chi connectivity index (χ1n) is 6.37. The van der Waals surface area contributed by atoms with Crippen LogP contribution in [0.15, 0.2) is 29.6 Å². The molecule has 5 nitrogen and oxygen atoms in total. The lowest BCUT2D eigenvalue weighted by molar-refractivity contribution is -0.139. The molecule has 0 aliphatic rings. The minimum atomic E-state index is -1.08. The number of hydrogen-bond acceptors (Lipinski definition) is 4. The smallest absolute Gasteiger partial charge is 0.331 e. The Morgan fingerprint density at radius 3 is 2.48 bits per heavy atom. The summed E-state index contributed by atoms with van der Waals surface area (Å²) in [6, 6.07) is 5.71. The van der Waals surface area contributed by atoms with Crippen LogP contribution < -0.4 is 10.6 Å². The summed E-state index contributed by atoms with van der Waals surface area (Å²) in [7, 11) is 0. The Kier molecular flexibility index (Phi) is 4.98. The van der Waals surface area contributed by atoms with Crippen molar-refractivity contribution in [3.8, 4) is 0 Å².